The molecule has 7 heteroatoms. The normalized spacial score (nSPS) is 11.8. The third kappa shape index (κ3) is 4.58. The van der Waals surface area contributed by atoms with Crippen molar-refractivity contribution in [3.05, 3.63) is 24.0 Å². The average molecular weight is 261 g/mol. The van der Waals surface area contributed by atoms with Gasteiger partial charge in [0.25, 0.3) is 10.2 Å². The van der Waals surface area contributed by atoms with Crippen molar-refractivity contribution in [1.82, 2.24) is 4.72 Å². The Labute approximate surface area is 100 Å². The van der Waals surface area contributed by atoms with Crippen molar-refractivity contribution in [2.24, 2.45) is 5.92 Å². The minimum atomic E-state index is -3.67. The summed E-state index contributed by atoms with van der Waals surface area (Å²) in [5.74, 6) is -0.469. The molecule has 17 heavy (non-hydrogen) atoms. The third-order valence-corrected chi connectivity index (χ3v) is 2.99. The summed E-state index contributed by atoms with van der Waals surface area (Å²) in [5, 5.41) is 0. The zero-order valence-corrected chi connectivity index (χ0v) is 10.5. The van der Waals surface area contributed by atoms with Crippen molar-refractivity contribution in [1.29, 1.82) is 0 Å². The van der Waals surface area contributed by atoms with Crippen LogP contribution < -0.4 is 15.2 Å². The number of hydrogen-bond donors (Lipinski definition) is 3. The lowest BCUT2D eigenvalue weighted by atomic mass is 10.2. The molecule has 0 aliphatic carbocycles. The number of anilines is 2. The molecule has 0 atom stereocenters. The fourth-order valence-electron chi connectivity index (χ4n) is 1.06. The van der Waals surface area contributed by atoms with E-state index in [0.717, 1.165) is 6.07 Å². The molecule has 0 fully saturated rings. The summed E-state index contributed by atoms with van der Waals surface area (Å²) in [6, 6.07) is 3.73. The summed E-state index contributed by atoms with van der Waals surface area (Å²) in [4.78, 5) is 0. The second-order valence-corrected chi connectivity index (χ2v) is 5.58. The van der Waals surface area contributed by atoms with Crippen LogP contribution in [0.3, 0.4) is 0 Å². The second-order valence-electron chi connectivity index (χ2n) is 4.08. The summed E-state index contributed by atoms with van der Waals surface area (Å²) in [5.41, 5.74) is 5.39. The number of nitrogens with two attached hydrogens (primary N) is 1. The van der Waals surface area contributed by atoms with E-state index in [4.69, 9.17) is 5.73 Å². The molecular weight excluding hydrogens is 245 g/mol. The Bertz CT molecular complexity index is 488. The zero-order valence-electron chi connectivity index (χ0n) is 9.70. The second kappa shape index (κ2) is 5.33. The van der Waals surface area contributed by atoms with Gasteiger partial charge in [-0.15, -0.1) is 0 Å². The van der Waals surface area contributed by atoms with E-state index in [9.17, 15) is 12.8 Å². The van der Waals surface area contributed by atoms with Crippen molar-refractivity contribution in [3.8, 4) is 0 Å². The van der Waals surface area contributed by atoms with Gasteiger partial charge < -0.3 is 5.73 Å². The Hall–Kier alpha value is -1.34. The van der Waals surface area contributed by atoms with Gasteiger partial charge in [-0.2, -0.15) is 13.1 Å². The maximum Gasteiger partial charge on any atom is 0.299 e. The van der Waals surface area contributed by atoms with Gasteiger partial charge in [0.05, 0.1) is 11.4 Å². The van der Waals surface area contributed by atoms with E-state index >= 15 is 0 Å². The highest BCUT2D eigenvalue weighted by Crippen LogP contribution is 2.16. The first kappa shape index (κ1) is 13.7. The number of nitrogens with one attached hydrogen (secondary N) is 2. The van der Waals surface area contributed by atoms with Crippen molar-refractivity contribution in [2.75, 3.05) is 17.0 Å². The minimum Gasteiger partial charge on any atom is -0.396 e. The number of benzene rings is 1. The van der Waals surface area contributed by atoms with Gasteiger partial charge in [0.2, 0.25) is 0 Å². The van der Waals surface area contributed by atoms with Crippen LogP contribution in [0, 0.1) is 11.7 Å². The Morgan fingerprint density at radius 3 is 2.59 bits per heavy atom. The lowest BCUT2D eigenvalue weighted by Gasteiger charge is -2.11. The number of hydrogen-bond acceptors (Lipinski definition) is 3. The average Bonchev–Trinajstić information content (AvgIpc) is 2.21. The molecule has 0 amide bonds. The van der Waals surface area contributed by atoms with Gasteiger partial charge in [0.15, 0.2) is 0 Å². The van der Waals surface area contributed by atoms with Gasteiger partial charge in [0, 0.05) is 12.6 Å². The van der Waals surface area contributed by atoms with Crippen molar-refractivity contribution < 1.29 is 12.8 Å². The summed E-state index contributed by atoms with van der Waals surface area (Å²) in [7, 11) is -3.67. The lowest BCUT2D eigenvalue weighted by molar-refractivity contribution is 0.565. The van der Waals surface area contributed by atoms with Gasteiger partial charge in [-0.05, 0) is 18.1 Å². The van der Waals surface area contributed by atoms with Crippen LogP contribution in [-0.2, 0) is 10.2 Å². The molecule has 5 nitrogen and oxygen atoms in total. The standard InChI is InChI=1S/C10H16FN3O2S/c1-7(2)6-13-17(15,16)14-8-3-4-10(12)9(11)5-8/h3-5,7,13-14H,6,12H2,1-2H3. The molecule has 0 aromatic heterocycles. The molecule has 0 unspecified atom stereocenters. The highest BCUT2D eigenvalue weighted by Gasteiger charge is 2.11. The smallest absolute Gasteiger partial charge is 0.299 e. The van der Waals surface area contributed by atoms with E-state index in [-0.39, 0.29) is 17.3 Å². The van der Waals surface area contributed by atoms with Gasteiger partial charge in [-0.25, -0.2) is 4.39 Å². The highest BCUT2D eigenvalue weighted by atomic mass is 32.2. The number of halogens is 1. The monoisotopic (exact) mass is 261 g/mol. The fraction of sp³-hybridized carbons (Fsp3) is 0.400. The molecule has 1 rings (SSSR count). The Kier molecular flexibility index (Phi) is 4.30. The summed E-state index contributed by atoms with van der Waals surface area (Å²) < 4.78 is 40.7. The fourth-order valence-corrected chi connectivity index (χ4v) is 2.12. The van der Waals surface area contributed by atoms with E-state index in [1.807, 2.05) is 13.8 Å². The molecule has 0 heterocycles. The zero-order chi connectivity index (χ0) is 13.1. The summed E-state index contributed by atoms with van der Waals surface area (Å²) in [6.07, 6.45) is 0. The first-order valence-electron chi connectivity index (χ1n) is 5.12. The van der Waals surface area contributed by atoms with Crippen molar-refractivity contribution >= 4 is 21.6 Å². The third-order valence-electron chi connectivity index (χ3n) is 1.93. The molecule has 1 aromatic rings. The van der Waals surface area contributed by atoms with Gasteiger partial charge >= 0.3 is 0 Å². The van der Waals surface area contributed by atoms with E-state index < -0.39 is 16.0 Å². The van der Waals surface area contributed by atoms with E-state index in [2.05, 4.69) is 9.44 Å². The molecule has 0 aliphatic rings. The number of nitrogen functional groups attached to an aromatic ring is 1. The molecule has 0 saturated heterocycles. The largest absolute Gasteiger partial charge is 0.396 e. The number of rotatable bonds is 5. The molecule has 0 bridgehead atoms. The van der Waals surface area contributed by atoms with Crippen molar-refractivity contribution in [3.63, 3.8) is 0 Å². The molecule has 0 aliphatic heterocycles. The van der Waals surface area contributed by atoms with Crippen LogP contribution in [-0.4, -0.2) is 15.0 Å². The molecule has 0 saturated carbocycles. The lowest BCUT2D eigenvalue weighted by Crippen LogP contribution is -2.32. The predicted octanol–water partition coefficient (Wildman–Crippen LogP) is 1.31. The van der Waals surface area contributed by atoms with Crippen LogP contribution in [0.25, 0.3) is 0 Å². The first-order valence-corrected chi connectivity index (χ1v) is 6.61. The van der Waals surface area contributed by atoms with Gasteiger partial charge in [0.1, 0.15) is 5.82 Å². The Balaban J connectivity index is 2.73. The van der Waals surface area contributed by atoms with E-state index in [0.29, 0.717) is 6.54 Å². The van der Waals surface area contributed by atoms with Crippen molar-refractivity contribution in [2.45, 2.75) is 13.8 Å². The maximum atomic E-state index is 13.1. The van der Waals surface area contributed by atoms with E-state index in [1.54, 1.807) is 0 Å². The predicted molar refractivity (Wildman–Crippen MR) is 66.2 cm³/mol. The van der Waals surface area contributed by atoms with Crippen LogP contribution in [0.5, 0.6) is 0 Å². The Morgan fingerprint density at radius 2 is 2.06 bits per heavy atom. The Morgan fingerprint density at radius 1 is 1.41 bits per heavy atom. The molecule has 0 spiro atoms. The summed E-state index contributed by atoms with van der Waals surface area (Å²) in [6.45, 7) is 4.07. The topological polar surface area (TPSA) is 84.2 Å². The molecular formula is C10H16FN3O2S. The van der Waals surface area contributed by atoms with Gasteiger partial charge in [-0.1, -0.05) is 13.8 Å². The highest BCUT2D eigenvalue weighted by molar-refractivity contribution is 7.90. The van der Waals surface area contributed by atoms with Crippen LogP contribution in [0.15, 0.2) is 18.2 Å². The summed E-state index contributed by atoms with van der Waals surface area (Å²) >= 11 is 0. The molecule has 96 valence electrons. The van der Waals surface area contributed by atoms with Crippen LogP contribution in [0.4, 0.5) is 15.8 Å². The molecule has 0 radical (unpaired) electrons. The maximum absolute atomic E-state index is 13.1. The molecule has 1 aromatic carbocycles. The van der Waals surface area contributed by atoms with E-state index in [1.165, 1.54) is 12.1 Å². The first-order chi connectivity index (χ1) is 7.80. The van der Waals surface area contributed by atoms with Gasteiger partial charge in [-0.3, -0.25) is 4.72 Å². The van der Waals surface area contributed by atoms with Crippen LogP contribution >= 0.6 is 0 Å². The SMILES string of the molecule is CC(C)CNS(=O)(=O)Nc1ccc(N)c(F)c1. The molecule has 4 N–H and O–H groups in total. The quantitative estimate of drug-likeness (QED) is 0.699. The van der Waals surface area contributed by atoms with Crippen LogP contribution in [0.1, 0.15) is 13.8 Å². The van der Waals surface area contributed by atoms with Crippen LogP contribution in [0.2, 0.25) is 0 Å². The minimum absolute atomic E-state index is 0.0249.